The first kappa shape index (κ1) is 8.31. The summed E-state index contributed by atoms with van der Waals surface area (Å²) in [7, 11) is 0. The number of hydrogen-bond donors (Lipinski definition) is 0. The van der Waals surface area contributed by atoms with Crippen LogP contribution in [0.1, 0.15) is 5.69 Å². The Balaban J connectivity index is 2.09. The van der Waals surface area contributed by atoms with E-state index in [1.807, 2.05) is 0 Å². The summed E-state index contributed by atoms with van der Waals surface area (Å²) in [5.74, 6) is 0.0643. The Morgan fingerprint density at radius 2 is 2.46 bits per heavy atom. The van der Waals surface area contributed by atoms with Crippen LogP contribution in [0.5, 0.6) is 0 Å². The smallest absolute Gasteiger partial charge is 0.289 e. The van der Waals surface area contributed by atoms with Crippen LogP contribution in [0.25, 0.3) is 0 Å². The van der Waals surface area contributed by atoms with Crippen molar-refractivity contribution in [2.24, 2.45) is 0 Å². The Morgan fingerprint density at radius 1 is 1.62 bits per heavy atom. The Kier molecular flexibility index (Phi) is 2.05. The lowest BCUT2D eigenvalue weighted by Crippen LogP contribution is -2.27. The fourth-order valence-corrected chi connectivity index (χ4v) is 1.74. The lowest BCUT2D eigenvalue weighted by atomic mass is 10.4. The number of carbonyl (C=O) groups is 2. The molecule has 0 N–H and O–H groups in total. The maximum Gasteiger partial charge on any atom is 0.289 e. The van der Waals surface area contributed by atoms with Crippen molar-refractivity contribution in [3.8, 4) is 0 Å². The van der Waals surface area contributed by atoms with Gasteiger partial charge in [-0.2, -0.15) is 0 Å². The lowest BCUT2D eigenvalue weighted by Gasteiger charge is -2.09. The third kappa shape index (κ3) is 1.57. The molecule has 1 aliphatic heterocycles. The van der Waals surface area contributed by atoms with E-state index in [4.69, 9.17) is 0 Å². The van der Waals surface area contributed by atoms with Crippen LogP contribution in [0, 0.1) is 0 Å². The molecule has 68 valence electrons. The standard InChI is InChI=1S/C7H6N2O3S/c10-6-4-13-7(11)9(6)3-5-1-2-12-8-5/h1-2H,3-4H2. The van der Waals surface area contributed by atoms with Crippen LogP contribution in [-0.2, 0) is 11.3 Å². The van der Waals surface area contributed by atoms with E-state index < -0.39 is 0 Å². The number of thioether (sulfide) groups is 1. The molecular formula is C7H6N2O3S. The van der Waals surface area contributed by atoms with Gasteiger partial charge in [0.25, 0.3) is 5.24 Å². The van der Waals surface area contributed by atoms with Crippen LogP contribution in [0.15, 0.2) is 16.9 Å². The summed E-state index contributed by atoms with van der Waals surface area (Å²) in [4.78, 5) is 23.4. The summed E-state index contributed by atoms with van der Waals surface area (Å²) in [5, 5.41) is 3.40. The molecule has 0 bridgehead atoms. The molecule has 1 aliphatic rings. The van der Waals surface area contributed by atoms with Gasteiger partial charge < -0.3 is 4.52 Å². The average Bonchev–Trinajstić information content (AvgIpc) is 2.70. The highest BCUT2D eigenvalue weighted by atomic mass is 32.2. The molecule has 2 rings (SSSR count). The number of carbonyl (C=O) groups excluding carboxylic acids is 2. The third-order valence-corrected chi connectivity index (χ3v) is 2.51. The molecule has 1 saturated heterocycles. The van der Waals surface area contributed by atoms with Gasteiger partial charge in [-0.3, -0.25) is 14.5 Å². The van der Waals surface area contributed by atoms with E-state index in [1.54, 1.807) is 6.07 Å². The molecule has 0 saturated carbocycles. The molecule has 1 fully saturated rings. The fourth-order valence-electron chi connectivity index (χ4n) is 1.01. The number of hydrogen-bond acceptors (Lipinski definition) is 5. The number of rotatable bonds is 2. The second kappa shape index (κ2) is 3.21. The predicted octanol–water partition coefficient (Wildman–Crippen LogP) is 0.870. The average molecular weight is 198 g/mol. The van der Waals surface area contributed by atoms with Crippen molar-refractivity contribution in [3.05, 3.63) is 18.0 Å². The summed E-state index contributed by atoms with van der Waals surface area (Å²) in [6.07, 6.45) is 1.41. The highest BCUT2D eigenvalue weighted by Gasteiger charge is 2.30. The van der Waals surface area contributed by atoms with Gasteiger partial charge in [0.2, 0.25) is 5.91 Å². The Morgan fingerprint density at radius 3 is 3.00 bits per heavy atom. The zero-order valence-corrected chi connectivity index (χ0v) is 7.41. The topological polar surface area (TPSA) is 63.4 Å². The van der Waals surface area contributed by atoms with E-state index in [9.17, 15) is 9.59 Å². The van der Waals surface area contributed by atoms with Gasteiger partial charge in [0, 0.05) is 6.07 Å². The molecule has 0 aliphatic carbocycles. The number of amides is 2. The molecule has 0 spiro atoms. The van der Waals surface area contributed by atoms with Crippen molar-refractivity contribution in [1.82, 2.24) is 10.1 Å². The van der Waals surface area contributed by atoms with Gasteiger partial charge in [0.1, 0.15) is 12.0 Å². The highest BCUT2D eigenvalue weighted by molar-refractivity contribution is 8.14. The van der Waals surface area contributed by atoms with Crippen molar-refractivity contribution < 1.29 is 14.1 Å². The van der Waals surface area contributed by atoms with Crippen LogP contribution in [0.3, 0.4) is 0 Å². The minimum Gasteiger partial charge on any atom is -0.364 e. The SMILES string of the molecule is O=C1CSC(=O)N1Cc1ccon1. The zero-order chi connectivity index (χ0) is 9.26. The number of imide groups is 1. The van der Waals surface area contributed by atoms with Crippen LogP contribution in [0.2, 0.25) is 0 Å². The molecule has 0 atom stereocenters. The van der Waals surface area contributed by atoms with Gasteiger partial charge in [-0.25, -0.2) is 0 Å². The Hall–Kier alpha value is -1.30. The van der Waals surface area contributed by atoms with Crippen LogP contribution in [0.4, 0.5) is 4.79 Å². The van der Waals surface area contributed by atoms with Crippen LogP contribution in [-0.4, -0.2) is 27.0 Å². The number of nitrogens with zero attached hydrogens (tertiary/aromatic N) is 2. The van der Waals surface area contributed by atoms with E-state index in [2.05, 4.69) is 9.68 Å². The molecule has 0 aromatic carbocycles. The first-order valence-corrected chi connectivity index (χ1v) is 4.62. The van der Waals surface area contributed by atoms with E-state index >= 15 is 0 Å². The van der Waals surface area contributed by atoms with Crippen molar-refractivity contribution in [2.75, 3.05) is 5.75 Å². The second-order valence-electron chi connectivity index (χ2n) is 2.53. The summed E-state index contributed by atoms with van der Waals surface area (Å²) >= 11 is 1.01. The zero-order valence-electron chi connectivity index (χ0n) is 6.60. The van der Waals surface area contributed by atoms with Gasteiger partial charge in [0.05, 0.1) is 12.3 Å². The monoisotopic (exact) mass is 198 g/mol. The van der Waals surface area contributed by atoms with Crippen LogP contribution >= 0.6 is 11.8 Å². The molecule has 13 heavy (non-hydrogen) atoms. The minimum atomic E-state index is -0.215. The molecular weight excluding hydrogens is 192 g/mol. The van der Waals surface area contributed by atoms with Crippen molar-refractivity contribution in [2.45, 2.75) is 6.54 Å². The molecule has 2 amide bonds. The third-order valence-electron chi connectivity index (χ3n) is 1.65. The minimum absolute atomic E-state index is 0.169. The molecule has 6 heteroatoms. The van der Waals surface area contributed by atoms with E-state index in [0.29, 0.717) is 5.69 Å². The van der Waals surface area contributed by atoms with Gasteiger partial charge in [-0.1, -0.05) is 16.9 Å². The molecule has 0 radical (unpaired) electrons. The number of aromatic nitrogens is 1. The van der Waals surface area contributed by atoms with Crippen molar-refractivity contribution in [3.63, 3.8) is 0 Å². The van der Waals surface area contributed by atoms with E-state index in [0.717, 1.165) is 11.8 Å². The summed E-state index contributed by atoms with van der Waals surface area (Å²) in [6, 6.07) is 1.63. The molecule has 5 nitrogen and oxygen atoms in total. The summed E-state index contributed by atoms with van der Waals surface area (Å²) in [5.41, 5.74) is 0.587. The Labute approximate surface area is 78.1 Å². The summed E-state index contributed by atoms with van der Waals surface area (Å²) in [6.45, 7) is 0.209. The van der Waals surface area contributed by atoms with Crippen molar-refractivity contribution >= 4 is 22.9 Å². The van der Waals surface area contributed by atoms with Gasteiger partial charge >= 0.3 is 0 Å². The van der Waals surface area contributed by atoms with Crippen LogP contribution < -0.4 is 0 Å². The maximum absolute atomic E-state index is 11.1. The normalized spacial score (nSPS) is 17.1. The maximum atomic E-state index is 11.1. The quantitative estimate of drug-likeness (QED) is 0.705. The Bertz CT molecular complexity index is 320. The molecule has 1 aromatic rings. The van der Waals surface area contributed by atoms with Crippen molar-refractivity contribution in [1.29, 1.82) is 0 Å². The van der Waals surface area contributed by atoms with E-state index in [1.165, 1.54) is 11.2 Å². The first-order valence-electron chi connectivity index (χ1n) is 3.64. The molecule has 0 unspecified atom stereocenters. The molecule has 1 aromatic heterocycles. The predicted molar refractivity (Wildman–Crippen MR) is 44.9 cm³/mol. The fraction of sp³-hybridized carbons (Fsp3) is 0.286. The highest BCUT2D eigenvalue weighted by Crippen LogP contribution is 2.20. The lowest BCUT2D eigenvalue weighted by molar-refractivity contribution is -0.125. The molecule has 2 heterocycles. The van der Waals surface area contributed by atoms with Gasteiger partial charge in [-0.05, 0) is 0 Å². The first-order chi connectivity index (χ1) is 6.27. The van der Waals surface area contributed by atoms with E-state index in [-0.39, 0.29) is 23.4 Å². The second-order valence-corrected chi connectivity index (χ2v) is 3.45. The summed E-state index contributed by atoms with van der Waals surface area (Å²) < 4.78 is 4.59. The van der Waals surface area contributed by atoms with Gasteiger partial charge in [-0.15, -0.1) is 0 Å². The van der Waals surface area contributed by atoms with Gasteiger partial charge in [0.15, 0.2) is 0 Å². The largest absolute Gasteiger partial charge is 0.364 e.